The fourth-order valence-corrected chi connectivity index (χ4v) is 3.29. The highest BCUT2D eigenvalue weighted by atomic mass is 32.1. The van der Waals surface area contributed by atoms with Gasteiger partial charge in [0.25, 0.3) is 5.91 Å². The third kappa shape index (κ3) is 4.19. The standard InChI is InChI=1S/C16H23N3OS/c1-16(2,12-18(3)4)11-17-15(20)14-13(7-10-21-14)19-8-5-6-9-19/h5-10H,11-12H2,1-4H3,(H,17,20). The molecule has 5 heteroatoms. The average Bonchev–Trinajstić information content (AvgIpc) is 3.04. The first-order valence-corrected chi connectivity index (χ1v) is 7.91. The van der Waals surface area contributed by atoms with E-state index < -0.39 is 0 Å². The summed E-state index contributed by atoms with van der Waals surface area (Å²) in [5.41, 5.74) is 0.984. The molecular formula is C16H23N3OS. The molecule has 0 aliphatic heterocycles. The zero-order valence-corrected chi connectivity index (χ0v) is 13.9. The Hall–Kier alpha value is -1.59. The first-order chi connectivity index (χ1) is 9.89. The van der Waals surface area contributed by atoms with Crippen molar-refractivity contribution in [1.29, 1.82) is 0 Å². The van der Waals surface area contributed by atoms with E-state index in [1.54, 1.807) is 0 Å². The molecule has 21 heavy (non-hydrogen) atoms. The van der Waals surface area contributed by atoms with Gasteiger partial charge in [0.05, 0.1) is 5.69 Å². The van der Waals surface area contributed by atoms with E-state index in [2.05, 4.69) is 24.1 Å². The van der Waals surface area contributed by atoms with Gasteiger partial charge >= 0.3 is 0 Å². The van der Waals surface area contributed by atoms with Gasteiger partial charge in [-0.15, -0.1) is 11.3 Å². The Morgan fingerprint density at radius 3 is 2.62 bits per heavy atom. The third-order valence-corrected chi connectivity index (χ3v) is 4.11. The number of nitrogens with one attached hydrogen (secondary N) is 1. The highest BCUT2D eigenvalue weighted by Crippen LogP contribution is 2.22. The minimum Gasteiger partial charge on any atom is -0.351 e. The average molecular weight is 305 g/mol. The lowest BCUT2D eigenvalue weighted by molar-refractivity contribution is 0.0933. The lowest BCUT2D eigenvalue weighted by Crippen LogP contribution is -2.39. The fourth-order valence-electron chi connectivity index (χ4n) is 2.48. The normalized spacial score (nSPS) is 11.9. The number of rotatable bonds is 6. The number of thiophene rings is 1. The van der Waals surface area contributed by atoms with Crippen LogP contribution in [-0.4, -0.2) is 42.6 Å². The minimum atomic E-state index is 0.000492. The van der Waals surface area contributed by atoms with E-state index in [4.69, 9.17) is 0 Å². The second-order valence-corrected chi connectivity index (χ2v) is 7.23. The van der Waals surface area contributed by atoms with Crippen molar-refractivity contribution in [1.82, 2.24) is 14.8 Å². The Bertz CT molecular complexity index is 584. The zero-order chi connectivity index (χ0) is 15.5. The first-order valence-electron chi connectivity index (χ1n) is 7.03. The van der Waals surface area contributed by atoms with E-state index in [1.807, 2.05) is 54.6 Å². The predicted octanol–water partition coefficient (Wildman–Crippen LogP) is 2.86. The monoisotopic (exact) mass is 305 g/mol. The summed E-state index contributed by atoms with van der Waals surface area (Å²) in [5, 5.41) is 5.02. The van der Waals surface area contributed by atoms with Crippen LogP contribution in [0.1, 0.15) is 23.5 Å². The van der Waals surface area contributed by atoms with Crippen LogP contribution in [0.4, 0.5) is 0 Å². The molecule has 114 valence electrons. The van der Waals surface area contributed by atoms with Crippen LogP contribution in [0.25, 0.3) is 5.69 Å². The van der Waals surface area contributed by atoms with Crippen LogP contribution in [0.15, 0.2) is 36.0 Å². The molecule has 1 amide bonds. The van der Waals surface area contributed by atoms with Gasteiger partial charge in [0.2, 0.25) is 0 Å². The molecule has 0 radical (unpaired) electrons. The van der Waals surface area contributed by atoms with Crippen LogP contribution in [0.3, 0.4) is 0 Å². The summed E-state index contributed by atoms with van der Waals surface area (Å²) in [6.45, 7) is 5.92. The summed E-state index contributed by atoms with van der Waals surface area (Å²) < 4.78 is 1.97. The van der Waals surface area contributed by atoms with Crippen LogP contribution in [-0.2, 0) is 0 Å². The number of hydrogen-bond acceptors (Lipinski definition) is 3. The molecule has 4 nitrogen and oxygen atoms in total. The molecular weight excluding hydrogens is 282 g/mol. The van der Waals surface area contributed by atoms with Crippen molar-refractivity contribution < 1.29 is 4.79 Å². The Morgan fingerprint density at radius 2 is 2.00 bits per heavy atom. The van der Waals surface area contributed by atoms with Gasteiger partial charge in [0.15, 0.2) is 0 Å². The second kappa shape index (κ2) is 6.45. The summed E-state index contributed by atoms with van der Waals surface area (Å²) >= 11 is 1.48. The molecule has 2 rings (SSSR count). The molecule has 0 aliphatic rings. The highest BCUT2D eigenvalue weighted by Gasteiger charge is 2.21. The third-order valence-electron chi connectivity index (χ3n) is 3.21. The Balaban J connectivity index is 2.04. The van der Waals surface area contributed by atoms with Crippen LogP contribution >= 0.6 is 11.3 Å². The van der Waals surface area contributed by atoms with Crippen molar-refractivity contribution in [2.45, 2.75) is 13.8 Å². The molecule has 0 saturated heterocycles. The molecule has 0 aliphatic carbocycles. The number of hydrogen-bond donors (Lipinski definition) is 1. The number of carbonyl (C=O) groups is 1. The second-order valence-electron chi connectivity index (χ2n) is 6.31. The molecule has 0 spiro atoms. The number of aromatic nitrogens is 1. The molecule has 2 aromatic heterocycles. The van der Waals surface area contributed by atoms with Crippen LogP contribution in [0, 0.1) is 5.41 Å². The van der Waals surface area contributed by atoms with E-state index in [0.29, 0.717) is 6.54 Å². The van der Waals surface area contributed by atoms with Gasteiger partial charge in [-0.2, -0.15) is 0 Å². The Labute approximate surface area is 130 Å². The van der Waals surface area contributed by atoms with Crippen molar-refractivity contribution in [2.24, 2.45) is 5.41 Å². The van der Waals surface area contributed by atoms with Gasteiger partial charge in [-0.05, 0) is 43.1 Å². The van der Waals surface area contributed by atoms with Crippen LogP contribution < -0.4 is 5.32 Å². The van der Waals surface area contributed by atoms with E-state index in [9.17, 15) is 4.79 Å². The number of amides is 1. The molecule has 2 aromatic rings. The van der Waals surface area contributed by atoms with Crippen molar-refractivity contribution >= 4 is 17.2 Å². The van der Waals surface area contributed by atoms with Gasteiger partial charge in [-0.1, -0.05) is 13.8 Å². The van der Waals surface area contributed by atoms with Crippen molar-refractivity contribution in [2.75, 3.05) is 27.2 Å². The SMILES string of the molecule is CN(C)CC(C)(C)CNC(=O)c1sccc1-n1cccc1. The molecule has 0 aromatic carbocycles. The van der Waals surface area contributed by atoms with Gasteiger partial charge in [-0.3, -0.25) is 4.79 Å². The Morgan fingerprint density at radius 1 is 1.33 bits per heavy atom. The summed E-state index contributed by atoms with van der Waals surface area (Å²) in [7, 11) is 4.10. The summed E-state index contributed by atoms with van der Waals surface area (Å²) in [6.07, 6.45) is 3.91. The van der Waals surface area contributed by atoms with Crippen LogP contribution in [0.5, 0.6) is 0 Å². The van der Waals surface area contributed by atoms with Gasteiger partial charge < -0.3 is 14.8 Å². The maximum Gasteiger partial charge on any atom is 0.263 e. The lowest BCUT2D eigenvalue weighted by Gasteiger charge is -2.28. The van der Waals surface area contributed by atoms with Crippen molar-refractivity contribution in [3.8, 4) is 5.69 Å². The van der Waals surface area contributed by atoms with E-state index in [0.717, 1.165) is 17.1 Å². The smallest absolute Gasteiger partial charge is 0.263 e. The van der Waals surface area contributed by atoms with Gasteiger partial charge in [0, 0.05) is 25.5 Å². The maximum absolute atomic E-state index is 12.4. The lowest BCUT2D eigenvalue weighted by atomic mass is 9.93. The predicted molar refractivity (Wildman–Crippen MR) is 88.3 cm³/mol. The van der Waals surface area contributed by atoms with E-state index in [1.165, 1.54) is 11.3 Å². The van der Waals surface area contributed by atoms with Gasteiger partial charge in [-0.25, -0.2) is 0 Å². The molecule has 0 atom stereocenters. The topological polar surface area (TPSA) is 37.3 Å². The number of carbonyl (C=O) groups excluding carboxylic acids is 1. The summed E-state index contributed by atoms with van der Waals surface area (Å²) in [4.78, 5) is 15.3. The molecule has 0 bridgehead atoms. The quantitative estimate of drug-likeness (QED) is 0.891. The van der Waals surface area contributed by atoms with Crippen LogP contribution in [0.2, 0.25) is 0 Å². The van der Waals surface area contributed by atoms with Crippen molar-refractivity contribution in [3.05, 3.63) is 40.8 Å². The first kappa shape index (κ1) is 15.8. The molecule has 0 unspecified atom stereocenters. The summed E-state index contributed by atoms with van der Waals surface area (Å²) in [5.74, 6) is 0.000492. The molecule has 0 saturated carbocycles. The molecule has 0 fully saturated rings. The Kier molecular flexibility index (Phi) is 4.85. The summed E-state index contributed by atoms with van der Waals surface area (Å²) in [6, 6.07) is 5.89. The zero-order valence-electron chi connectivity index (χ0n) is 13.1. The van der Waals surface area contributed by atoms with Gasteiger partial charge in [0.1, 0.15) is 4.88 Å². The van der Waals surface area contributed by atoms with E-state index in [-0.39, 0.29) is 11.3 Å². The highest BCUT2D eigenvalue weighted by molar-refractivity contribution is 7.12. The largest absolute Gasteiger partial charge is 0.351 e. The molecule has 2 heterocycles. The van der Waals surface area contributed by atoms with E-state index >= 15 is 0 Å². The minimum absolute atomic E-state index is 0.000492. The van der Waals surface area contributed by atoms with Crippen molar-refractivity contribution in [3.63, 3.8) is 0 Å². The molecule has 1 N–H and O–H groups in total. The maximum atomic E-state index is 12.4. The fraction of sp³-hybridized carbons (Fsp3) is 0.438. The number of nitrogens with zero attached hydrogens (tertiary/aromatic N) is 2.